The molecule has 3 aliphatic rings. The van der Waals surface area contributed by atoms with Gasteiger partial charge in [0.15, 0.2) is 0 Å². The molecule has 3 aromatic rings. The number of pyridine rings is 2. The van der Waals surface area contributed by atoms with Crippen LogP contribution in [0, 0.1) is 16.7 Å². The molecule has 218 valence electrons. The Hall–Kier alpha value is -3.19. The van der Waals surface area contributed by atoms with E-state index in [1.807, 2.05) is 25.4 Å². The van der Waals surface area contributed by atoms with Crippen LogP contribution in [0.5, 0.6) is 5.75 Å². The highest BCUT2D eigenvalue weighted by Gasteiger charge is 2.40. The van der Waals surface area contributed by atoms with E-state index in [1.165, 1.54) is 51.9 Å². The van der Waals surface area contributed by atoms with Gasteiger partial charge in [0.05, 0.1) is 30.1 Å². The lowest BCUT2D eigenvalue weighted by Gasteiger charge is -2.49. The van der Waals surface area contributed by atoms with Crippen molar-refractivity contribution in [2.24, 2.45) is 5.41 Å². The molecule has 0 amide bonds. The van der Waals surface area contributed by atoms with Gasteiger partial charge in [-0.1, -0.05) is 0 Å². The van der Waals surface area contributed by atoms with Crippen LogP contribution >= 0.6 is 0 Å². The van der Waals surface area contributed by atoms with Crippen molar-refractivity contribution in [3.63, 3.8) is 0 Å². The largest absolute Gasteiger partial charge is 0.492 e. The number of likely N-dealkylation sites (N-methyl/N-ethyl adjacent to an activating group) is 1. The average molecular weight is 557 g/mol. The number of nitrogens with zero attached hydrogens (tertiary/aromatic N) is 7. The second-order valence-electron chi connectivity index (χ2n) is 12.5. The lowest BCUT2D eigenvalue weighted by molar-refractivity contribution is 0.0291. The van der Waals surface area contributed by atoms with Crippen LogP contribution in [0.25, 0.3) is 16.6 Å². The van der Waals surface area contributed by atoms with Crippen molar-refractivity contribution in [1.82, 2.24) is 29.7 Å². The normalized spacial score (nSPS) is 21.3. The monoisotopic (exact) mass is 556 g/mol. The summed E-state index contributed by atoms with van der Waals surface area (Å²) in [6, 6.07) is 8.47. The predicted molar refractivity (Wildman–Crippen MR) is 162 cm³/mol. The van der Waals surface area contributed by atoms with Gasteiger partial charge in [-0.3, -0.25) is 0 Å². The number of piperidine rings is 3. The number of nitriles is 1. The zero-order valence-electron chi connectivity index (χ0n) is 24.9. The third-order valence-corrected chi connectivity index (χ3v) is 10.1. The quantitative estimate of drug-likeness (QED) is 0.467. The molecule has 0 saturated carbocycles. The molecule has 0 radical (unpaired) electrons. The van der Waals surface area contributed by atoms with Crippen LogP contribution in [0.3, 0.4) is 0 Å². The second kappa shape index (κ2) is 11.6. The van der Waals surface area contributed by atoms with Crippen LogP contribution in [0.4, 0.5) is 5.82 Å². The molecule has 3 aromatic heterocycles. The molecule has 6 heterocycles. The van der Waals surface area contributed by atoms with E-state index in [9.17, 15) is 5.26 Å². The van der Waals surface area contributed by atoms with Crippen LogP contribution in [0.2, 0.25) is 0 Å². The van der Waals surface area contributed by atoms with Gasteiger partial charge in [-0.25, -0.2) is 9.50 Å². The van der Waals surface area contributed by atoms with Crippen LogP contribution in [-0.4, -0.2) is 96.5 Å². The minimum absolute atomic E-state index is 0.161. The smallest absolute Gasteiger partial charge is 0.138 e. The molecule has 41 heavy (non-hydrogen) atoms. The summed E-state index contributed by atoms with van der Waals surface area (Å²) in [5.74, 6) is 1.73. The number of aromatic nitrogens is 3. The zero-order chi connectivity index (χ0) is 28.5. The fourth-order valence-electron chi connectivity index (χ4n) is 7.23. The third-order valence-electron chi connectivity index (χ3n) is 10.1. The van der Waals surface area contributed by atoms with Gasteiger partial charge in [0, 0.05) is 42.5 Å². The van der Waals surface area contributed by atoms with Gasteiger partial charge in [-0.2, -0.15) is 10.4 Å². The number of ether oxygens (including phenoxy) is 1. The minimum Gasteiger partial charge on any atom is -0.492 e. The Bertz CT molecular complexity index is 1370. The molecule has 9 heteroatoms. The van der Waals surface area contributed by atoms with E-state index in [1.54, 1.807) is 10.7 Å². The first kappa shape index (κ1) is 28.0. The maximum atomic E-state index is 9.65. The van der Waals surface area contributed by atoms with Crippen molar-refractivity contribution < 1.29 is 4.74 Å². The van der Waals surface area contributed by atoms with Gasteiger partial charge < -0.3 is 24.8 Å². The van der Waals surface area contributed by atoms with E-state index in [0.29, 0.717) is 17.6 Å². The molecule has 0 atom stereocenters. The Morgan fingerprint density at radius 1 is 1.00 bits per heavy atom. The van der Waals surface area contributed by atoms with E-state index < -0.39 is 0 Å². The number of fused-ring (bicyclic) bond motifs is 1. The Kier molecular flexibility index (Phi) is 7.90. The van der Waals surface area contributed by atoms with Gasteiger partial charge in [-0.15, -0.1) is 0 Å². The zero-order valence-corrected chi connectivity index (χ0v) is 24.9. The predicted octanol–water partition coefficient (Wildman–Crippen LogP) is 4.03. The molecule has 3 saturated heterocycles. The Morgan fingerprint density at radius 3 is 2.37 bits per heavy atom. The number of likely N-dealkylation sites (tertiary alicyclic amines) is 2. The van der Waals surface area contributed by atoms with E-state index in [2.05, 4.69) is 57.4 Å². The standard InChI is InChI=1S/C32H44N8O/c1-4-41-27-19-28(30-26(20-33)22-36-40(30)23-27)25-5-6-29(35-21-25)39-17-11-32(34-2,12-18-39)24-38-15-9-31(10-16-38)7-13-37(3)14-8-31/h5-6,19,21-23,34H,4,7-18,24H2,1-3H3. The molecule has 9 nitrogen and oxygen atoms in total. The lowest BCUT2D eigenvalue weighted by atomic mass is 9.71. The van der Waals surface area contributed by atoms with Crippen molar-refractivity contribution in [3.8, 4) is 22.9 Å². The maximum Gasteiger partial charge on any atom is 0.138 e. The summed E-state index contributed by atoms with van der Waals surface area (Å²) < 4.78 is 7.50. The average Bonchev–Trinajstić information content (AvgIpc) is 3.43. The summed E-state index contributed by atoms with van der Waals surface area (Å²) in [7, 11) is 4.41. The molecular formula is C32H44N8O. The van der Waals surface area contributed by atoms with Crippen molar-refractivity contribution in [2.75, 3.05) is 71.4 Å². The number of rotatable bonds is 7. The van der Waals surface area contributed by atoms with Crippen LogP contribution < -0.4 is 15.0 Å². The maximum absolute atomic E-state index is 9.65. The summed E-state index contributed by atoms with van der Waals surface area (Å²) in [6.45, 7) is 10.6. The highest BCUT2D eigenvalue weighted by atomic mass is 16.5. The first-order chi connectivity index (χ1) is 20.0. The summed E-state index contributed by atoms with van der Waals surface area (Å²) in [5.41, 5.74) is 3.94. The SMILES string of the molecule is CCOc1cc(-c2ccc(N3CCC(CN4CCC5(CCN(C)CC5)CC4)(NC)CC3)nc2)c2c(C#N)cnn2c1. The van der Waals surface area contributed by atoms with E-state index >= 15 is 0 Å². The Labute approximate surface area is 244 Å². The molecule has 0 aliphatic carbocycles. The van der Waals surface area contributed by atoms with Gasteiger partial charge in [0.1, 0.15) is 17.6 Å². The second-order valence-corrected chi connectivity index (χ2v) is 12.5. The van der Waals surface area contributed by atoms with E-state index in [4.69, 9.17) is 9.72 Å². The topological polar surface area (TPSA) is 85.0 Å². The van der Waals surface area contributed by atoms with Gasteiger partial charge in [0.25, 0.3) is 0 Å². The minimum atomic E-state index is 0.161. The number of hydrogen-bond acceptors (Lipinski definition) is 8. The molecule has 0 bridgehead atoms. The molecule has 3 aliphatic heterocycles. The van der Waals surface area contributed by atoms with E-state index in [0.717, 1.165) is 60.7 Å². The first-order valence-electron chi connectivity index (χ1n) is 15.3. The summed E-state index contributed by atoms with van der Waals surface area (Å²) in [6.07, 6.45) is 13.0. The van der Waals surface area contributed by atoms with E-state index in [-0.39, 0.29) is 5.54 Å². The van der Waals surface area contributed by atoms with Crippen molar-refractivity contribution in [1.29, 1.82) is 5.26 Å². The van der Waals surface area contributed by atoms with Crippen molar-refractivity contribution in [2.45, 2.75) is 51.0 Å². The molecule has 6 rings (SSSR count). The number of nitrogens with one attached hydrogen (secondary N) is 1. The molecular weight excluding hydrogens is 512 g/mol. The molecule has 3 fully saturated rings. The highest BCUT2D eigenvalue weighted by molar-refractivity contribution is 5.85. The van der Waals surface area contributed by atoms with Gasteiger partial charge in [-0.05, 0) is 109 Å². The fraction of sp³-hybridized carbons (Fsp3) is 0.594. The highest BCUT2D eigenvalue weighted by Crippen LogP contribution is 2.41. The molecule has 0 aromatic carbocycles. The first-order valence-corrected chi connectivity index (χ1v) is 15.3. The van der Waals surface area contributed by atoms with Gasteiger partial charge in [0.2, 0.25) is 0 Å². The van der Waals surface area contributed by atoms with Crippen molar-refractivity contribution >= 4 is 11.3 Å². The lowest BCUT2D eigenvalue weighted by Crippen LogP contribution is -2.59. The Balaban J connectivity index is 1.10. The van der Waals surface area contributed by atoms with Gasteiger partial charge >= 0.3 is 0 Å². The van der Waals surface area contributed by atoms with Crippen LogP contribution in [0.15, 0.2) is 36.8 Å². The molecule has 0 unspecified atom stereocenters. The summed E-state index contributed by atoms with van der Waals surface area (Å²) in [4.78, 5) is 12.5. The molecule has 1 spiro atoms. The summed E-state index contributed by atoms with van der Waals surface area (Å²) in [5, 5.41) is 17.8. The Morgan fingerprint density at radius 2 is 1.73 bits per heavy atom. The third kappa shape index (κ3) is 5.66. The molecule has 1 N–H and O–H groups in total. The summed E-state index contributed by atoms with van der Waals surface area (Å²) >= 11 is 0. The fourth-order valence-corrected chi connectivity index (χ4v) is 7.23. The van der Waals surface area contributed by atoms with Crippen LogP contribution in [-0.2, 0) is 0 Å². The van der Waals surface area contributed by atoms with Crippen molar-refractivity contribution in [3.05, 3.63) is 42.4 Å². The number of anilines is 1. The van der Waals surface area contributed by atoms with Crippen LogP contribution in [0.1, 0.15) is 51.0 Å². The number of hydrogen-bond donors (Lipinski definition) is 1.